The Hall–Kier alpha value is -1.36. The molecule has 0 aliphatic carbocycles. The number of carbonyl (C=O) groups excluding carboxylic acids is 1. The van der Waals surface area contributed by atoms with E-state index in [-0.39, 0.29) is 5.78 Å². The number of hydrogen-bond acceptors (Lipinski definition) is 2. The van der Waals surface area contributed by atoms with Crippen LogP contribution < -0.4 is 4.90 Å². The van der Waals surface area contributed by atoms with Crippen molar-refractivity contribution in [3.63, 3.8) is 0 Å². The van der Waals surface area contributed by atoms with Gasteiger partial charge in [-0.25, -0.2) is 0 Å². The van der Waals surface area contributed by atoms with Gasteiger partial charge in [0.15, 0.2) is 5.78 Å². The van der Waals surface area contributed by atoms with E-state index < -0.39 is 0 Å². The lowest BCUT2D eigenvalue weighted by molar-refractivity contribution is 0.101. The maximum Gasteiger partial charge on any atom is 0.159 e. The van der Waals surface area contributed by atoms with Crippen molar-refractivity contribution in [1.82, 2.24) is 0 Å². The highest BCUT2D eigenvalue weighted by Crippen LogP contribution is 2.29. The Labute approximate surface area is 139 Å². The molecule has 0 N–H and O–H groups in total. The summed E-state index contributed by atoms with van der Waals surface area (Å²) in [4.78, 5) is 13.9. The molecule has 2 aromatic rings. The second-order valence-corrected chi connectivity index (χ2v) is 6.80. The molecule has 0 amide bonds. The van der Waals surface area contributed by atoms with E-state index >= 15 is 0 Å². The predicted octanol–water partition coefficient (Wildman–Crippen LogP) is 4.45. The molecule has 0 unspecified atom stereocenters. The van der Waals surface area contributed by atoms with Crippen molar-refractivity contribution in [3.05, 3.63) is 62.7 Å². The number of nitrogens with zero attached hydrogens (tertiary/aromatic N) is 1. The summed E-state index contributed by atoms with van der Waals surface area (Å²) in [6.07, 6.45) is 2.22. The number of carbonyl (C=O) groups is 1. The van der Waals surface area contributed by atoms with Crippen LogP contribution in [0.4, 0.5) is 5.69 Å². The van der Waals surface area contributed by atoms with E-state index in [1.807, 2.05) is 6.07 Å². The standard InChI is InChI=1S/C18H18INO/c1-13(21)15-6-9-18-16(11-15)3-2-10-20(18)12-14-4-7-17(19)8-5-14/h4-9,11H,2-3,10,12H2,1H3. The molecule has 0 atom stereocenters. The van der Waals surface area contributed by atoms with Gasteiger partial charge in [0, 0.05) is 27.9 Å². The van der Waals surface area contributed by atoms with Gasteiger partial charge in [-0.1, -0.05) is 12.1 Å². The molecule has 1 aliphatic heterocycles. The zero-order chi connectivity index (χ0) is 14.8. The number of rotatable bonds is 3. The molecule has 3 rings (SSSR count). The van der Waals surface area contributed by atoms with Crippen molar-refractivity contribution in [2.75, 3.05) is 11.4 Å². The summed E-state index contributed by atoms with van der Waals surface area (Å²) in [5.41, 5.74) is 4.74. The second-order valence-electron chi connectivity index (χ2n) is 5.55. The van der Waals surface area contributed by atoms with Crippen LogP contribution in [0.1, 0.15) is 34.8 Å². The summed E-state index contributed by atoms with van der Waals surface area (Å²) in [5.74, 6) is 0.146. The molecule has 0 fully saturated rings. The van der Waals surface area contributed by atoms with Crippen LogP contribution in [0.25, 0.3) is 0 Å². The smallest absolute Gasteiger partial charge is 0.159 e. The Morgan fingerprint density at radius 1 is 1.19 bits per heavy atom. The van der Waals surface area contributed by atoms with Crippen molar-refractivity contribution < 1.29 is 4.79 Å². The van der Waals surface area contributed by atoms with Gasteiger partial charge in [0.25, 0.3) is 0 Å². The van der Waals surface area contributed by atoms with Gasteiger partial charge in [-0.2, -0.15) is 0 Å². The molecule has 2 aromatic carbocycles. The largest absolute Gasteiger partial charge is 0.367 e. The number of halogens is 1. The summed E-state index contributed by atoms with van der Waals surface area (Å²) in [6, 6.07) is 14.8. The minimum atomic E-state index is 0.146. The third kappa shape index (κ3) is 3.28. The van der Waals surface area contributed by atoms with E-state index in [2.05, 4.69) is 63.9 Å². The van der Waals surface area contributed by atoms with Crippen molar-refractivity contribution >= 4 is 34.1 Å². The second kappa shape index (κ2) is 6.18. The first-order valence-electron chi connectivity index (χ1n) is 7.27. The highest BCUT2D eigenvalue weighted by Gasteiger charge is 2.18. The average molecular weight is 391 g/mol. The van der Waals surface area contributed by atoms with Crippen molar-refractivity contribution in [2.45, 2.75) is 26.3 Å². The number of fused-ring (bicyclic) bond motifs is 1. The quantitative estimate of drug-likeness (QED) is 0.570. The van der Waals surface area contributed by atoms with E-state index in [4.69, 9.17) is 0 Å². The molecule has 0 saturated heterocycles. The molecule has 3 heteroatoms. The summed E-state index contributed by atoms with van der Waals surface area (Å²) < 4.78 is 1.27. The fourth-order valence-electron chi connectivity index (χ4n) is 2.87. The third-order valence-corrected chi connectivity index (χ3v) is 4.71. The zero-order valence-electron chi connectivity index (χ0n) is 12.1. The van der Waals surface area contributed by atoms with Crippen LogP contribution in [0.2, 0.25) is 0 Å². The SMILES string of the molecule is CC(=O)c1ccc2c(c1)CCCN2Cc1ccc(I)cc1. The lowest BCUT2D eigenvalue weighted by Crippen LogP contribution is -2.28. The highest BCUT2D eigenvalue weighted by molar-refractivity contribution is 14.1. The summed E-state index contributed by atoms with van der Waals surface area (Å²) >= 11 is 2.33. The lowest BCUT2D eigenvalue weighted by Gasteiger charge is -2.31. The van der Waals surface area contributed by atoms with Crippen LogP contribution in [0.3, 0.4) is 0 Å². The molecule has 0 spiro atoms. The van der Waals surface area contributed by atoms with Gasteiger partial charge < -0.3 is 4.90 Å². The van der Waals surface area contributed by atoms with E-state index in [0.717, 1.165) is 31.5 Å². The summed E-state index contributed by atoms with van der Waals surface area (Å²) in [7, 11) is 0. The minimum Gasteiger partial charge on any atom is -0.367 e. The van der Waals surface area contributed by atoms with E-state index in [0.29, 0.717) is 0 Å². The highest BCUT2D eigenvalue weighted by atomic mass is 127. The van der Waals surface area contributed by atoms with Crippen LogP contribution >= 0.6 is 22.6 Å². The molecule has 0 aromatic heterocycles. The first-order chi connectivity index (χ1) is 10.1. The maximum atomic E-state index is 11.5. The number of aryl methyl sites for hydroxylation is 1. The lowest BCUT2D eigenvalue weighted by atomic mass is 9.97. The van der Waals surface area contributed by atoms with Crippen molar-refractivity contribution in [3.8, 4) is 0 Å². The minimum absolute atomic E-state index is 0.146. The zero-order valence-corrected chi connectivity index (χ0v) is 14.3. The monoisotopic (exact) mass is 391 g/mol. The van der Waals surface area contributed by atoms with Crippen LogP contribution in [0.15, 0.2) is 42.5 Å². The topological polar surface area (TPSA) is 20.3 Å². The molecule has 1 heterocycles. The Bertz CT molecular complexity index is 663. The summed E-state index contributed by atoms with van der Waals surface area (Å²) in [6.45, 7) is 3.65. The van der Waals surface area contributed by atoms with Crippen LogP contribution in [-0.2, 0) is 13.0 Å². The van der Waals surface area contributed by atoms with Crippen molar-refractivity contribution in [2.24, 2.45) is 0 Å². The molecular weight excluding hydrogens is 373 g/mol. The number of hydrogen-bond donors (Lipinski definition) is 0. The fourth-order valence-corrected chi connectivity index (χ4v) is 3.23. The Morgan fingerprint density at radius 3 is 2.67 bits per heavy atom. The molecule has 0 bridgehead atoms. The molecule has 21 heavy (non-hydrogen) atoms. The van der Waals surface area contributed by atoms with Gasteiger partial charge >= 0.3 is 0 Å². The van der Waals surface area contributed by atoms with Gasteiger partial charge in [0.05, 0.1) is 0 Å². The number of anilines is 1. The number of Topliss-reactive ketones (excluding diaryl/α,β-unsaturated/α-hetero) is 1. The van der Waals surface area contributed by atoms with Crippen molar-refractivity contribution in [1.29, 1.82) is 0 Å². The first-order valence-corrected chi connectivity index (χ1v) is 8.34. The Balaban J connectivity index is 1.86. The van der Waals surface area contributed by atoms with Gasteiger partial charge in [0.1, 0.15) is 0 Å². The maximum absolute atomic E-state index is 11.5. The van der Waals surface area contributed by atoms with Crippen LogP contribution in [-0.4, -0.2) is 12.3 Å². The molecule has 0 saturated carbocycles. The number of benzene rings is 2. The van der Waals surface area contributed by atoms with Crippen LogP contribution in [0, 0.1) is 3.57 Å². The van der Waals surface area contributed by atoms with Gasteiger partial charge in [0.2, 0.25) is 0 Å². The Kier molecular flexibility index (Phi) is 4.29. The summed E-state index contributed by atoms with van der Waals surface area (Å²) in [5, 5.41) is 0. The van der Waals surface area contributed by atoms with Gasteiger partial charge in [-0.3, -0.25) is 4.79 Å². The number of ketones is 1. The molecular formula is C18H18INO. The normalized spacial score (nSPS) is 13.9. The Morgan fingerprint density at radius 2 is 1.95 bits per heavy atom. The van der Waals surface area contributed by atoms with Gasteiger partial charge in [-0.15, -0.1) is 0 Å². The average Bonchev–Trinajstić information content (AvgIpc) is 2.49. The van der Waals surface area contributed by atoms with Crippen LogP contribution in [0.5, 0.6) is 0 Å². The molecule has 1 aliphatic rings. The molecule has 2 nitrogen and oxygen atoms in total. The molecule has 0 radical (unpaired) electrons. The van der Waals surface area contributed by atoms with Gasteiger partial charge in [-0.05, 0) is 83.8 Å². The fraction of sp³-hybridized carbons (Fsp3) is 0.278. The van der Waals surface area contributed by atoms with E-state index in [1.54, 1.807) is 6.92 Å². The molecule has 108 valence electrons. The first kappa shape index (κ1) is 14.6. The third-order valence-electron chi connectivity index (χ3n) is 3.99. The predicted molar refractivity (Wildman–Crippen MR) is 95.0 cm³/mol. The van der Waals surface area contributed by atoms with E-state index in [1.165, 1.54) is 20.4 Å². The van der Waals surface area contributed by atoms with E-state index in [9.17, 15) is 4.79 Å².